The Hall–Kier alpha value is -4.50. The second-order valence-electron chi connectivity index (χ2n) is 7.63. The Morgan fingerprint density at radius 2 is 1.61 bits per heavy atom. The van der Waals surface area contributed by atoms with E-state index in [4.69, 9.17) is 17.0 Å². The van der Waals surface area contributed by atoms with Crippen LogP contribution in [0.15, 0.2) is 78.9 Å². The number of aryl methyl sites for hydroxylation is 1. The molecule has 0 heterocycles. The van der Waals surface area contributed by atoms with Gasteiger partial charge in [-0.05, 0) is 86.2 Å². The van der Waals surface area contributed by atoms with Crippen molar-refractivity contribution in [2.24, 2.45) is 0 Å². The van der Waals surface area contributed by atoms with E-state index in [0.717, 1.165) is 16.9 Å². The molecule has 0 saturated carbocycles. The van der Waals surface area contributed by atoms with Gasteiger partial charge in [-0.3, -0.25) is 30.6 Å². The van der Waals surface area contributed by atoms with Crippen molar-refractivity contribution in [1.29, 1.82) is 0 Å². The molecule has 0 fully saturated rings. The summed E-state index contributed by atoms with van der Waals surface area (Å²) in [4.78, 5) is 36.8. The van der Waals surface area contributed by atoms with E-state index in [1.54, 1.807) is 42.5 Å². The second-order valence-corrected chi connectivity index (χ2v) is 8.04. The number of ether oxygens (including phenoxy) is 1. The maximum absolute atomic E-state index is 12.4. The molecule has 0 saturated heterocycles. The molecule has 0 spiro atoms. The van der Waals surface area contributed by atoms with E-state index >= 15 is 0 Å². The van der Waals surface area contributed by atoms with Gasteiger partial charge in [0.1, 0.15) is 5.75 Å². The summed E-state index contributed by atoms with van der Waals surface area (Å²) in [5, 5.41) is 5.17. The summed E-state index contributed by atoms with van der Waals surface area (Å²) in [6, 6.07) is 20.9. The molecule has 4 N–H and O–H groups in total. The van der Waals surface area contributed by atoms with Crippen LogP contribution in [0.4, 0.5) is 5.69 Å². The van der Waals surface area contributed by atoms with Crippen LogP contribution in [0.5, 0.6) is 5.75 Å². The highest BCUT2D eigenvalue weighted by atomic mass is 32.1. The van der Waals surface area contributed by atoms with Crippen molar-refractivity contribution in [3.8, 4) is 5.75 Å². The number of anilines is 1. The zero-order valence-electron chi connectivity index (χ0n) is 19.8. The molecule has 8 nitrogen and oxygen atoms in total. The smallest absolute Gasteiger partial charge is 0.269 e. The Morgan fingerprint density at radius 3 is 2.28 bits per heavy atom. The van der Waals surface area contributed by atoms with E-state index in [1.165, 1.54) is 6.08 Å². The molecule has 3 aromatic rings. The fourth-order valence-electron chi connectivity index (χ4n) is 3.08. The molecular weight excluding hydrogens is 476 g/mol. The SMILES string of the molecule is CCOc1ccc(/C=C/C(=O)NC(=S)NNC(=O)c2ccc(NC(=O)c3cccc(C)c3)cc2)cc1. The third-order valence-corrected chi connectivity index (χ3v) is 5.03. The van der Waals surface area contributed by atoms with Crippen LogP contribution in [0.25, 0.3) is 6.08 Å². The first-order chi connectivity index (χ1) is 17.3. The number of thiocarbonyl (C=S) groups is 1. The molecule has 0 aromatic heterocycles. The van der Waals surface area contributed by atoms with Gasteiger partial charge in [-0.1, -0.05) is 29.8 Å². The predicted octanol–water partition coefficient (Wildman–Crippen LogP) is 3.99. The van der Waals surface area contributed by atoms with E-state index in [2.05, 4.69) is 21.5 Å². The van der Waals surface area contributed by atoms with Gasteiger partial charge in [0.15, 0.2) is 5.11 Å². The minimum atomic E-state index is -0.465. The molecule has 3 amide bonds. The van der Waals surface area contributed by atoms with Crippen molar-refractivity contribution in [3.63, 3.8) is 0 Å². The van der Waals surface area contributed by atoms with Gasteiger partial charge in [-0.15, -0.1) is 0 Å². The predicted molar refractivity (Wildman–Crippen MR) is 144 cm³/mol. The number of amides is 3. The van der Waals surface area contributed by atoms with Crippen LogP contribution in [0, 0.1) is 6.92 Å². The first-order valence-electron chi connectivity index (χ1n) is 11.1. The maximum atomic E-state index is 12.4. The summed E-state index contributed by atoms with van der Waals surface area (Å²) in [6.45, 7) is 4.40. The fraction of sp³-hybridized carbons (Fsp3) is 0.111. The number of hydrogen-bond acceptors (Lipinski definition) is 5. The van der Waals surface area contributed by atoms with Gasteiger partial charge in [-0.2, -0.15) is 0 Å². The molecule has 0 aliphatic heterocycles. The monoisotopic (exact) mass is 502 g/mol. The van der Waals surface area contributed by atoms with E-state index in [0.29, 0.717) is 23.4 Å². The highest BCUT2D eigenvalue weighted by Gasteiger charge is 2.09. The summed E-state index contributed by atoms with van der Waals surface area (Å²) in [6.07, 6.45) is 2.96. The lowest BCUT2D eigenvalue weighted by molar-refractivity contribution is -0.115. The zero-order chi connectivity index (χ0) is 25.9. The second kappa shape index (κ2) is 12.8. The molecule has 0 radical (unpaired) electrons. The number of carbonyl (C=O) groups is 3. The molecule has 3 aromatic carbocycles. The van der Waals surface area contributed by atoms with Crippen molar-refractivity contribution in [1.82, 2.24) is 16.2 Å². The number of carbonyl (C=O) groups excluding carboxylic acids is 3. The summed E-state index contributed by atoms with van der Waals surface area (Å²) in [7, 11) is 0. The maximum Gasteiger partial charge on any atom is 0.269 e. The van der Waals surface area contributed by atoms with Gasteiger partial charge in [-0.25, -0.2) is 0 Å². The Labute approximate surface area is 214 Å². The average Bonchev–Trinajstić information content (AvgIpc) is 2.87. The van der Waals surface area contributed by atoms with Crippen molar-refractivity contribution in [2.45, 2.75) is 13.8 Å². The minimum absolute atomic E-state index is 0.0632. The van der Waals surface area contributed by atoms with Crippen LogP contribution in [0.3, 0.4) is 0 Å². The first kappa shape index (κ1) is 26.1. The largest absolute Gasteiger partial charge is 0.494 e. The molecule has 0 aliphatic rings. The number of nitrogens with one attached hydrogen (secondary N) is 4. The molecule has 3 rings (SSSR count). The number of benzene rings is 3. The van der Waals surface area contributed by atoms with Crippen LogP contribution in [0.1, 0.15) is 38.8 Å². The minimum Gasteiger partial charge on any atom is -0.494 e. The van der Waals surface area contributed by atoms with Crippen LogP contribution in [0.2, 0.25) is 0 Å². The lowest BCUT2D eigenvalue weighted by Crippen LogP contribution is -2.48. The third kappa shape index (κ3) is 8.07. The van der Waals surface area contributed by atoms with E-state index in [1.807, 2.05) is 50.2 Å². The van der Waals surface area contributed by atoms with Crippen molar-refractivity contribution < 1.29 is 19.1 Å². The van der Waals surface area contributed by atoms with Crippen molar-refractivity contribution >= 4 is 46.8 Å². The summed E-state index contributed by atoms with van der Waals surface area (Å²) in [5.74, 6) is -0.408. The lowest BCUT2D eigenvalue weighted by atomic mass is 10.1. The Kier molecular flexibility index (Phi) is 9.30. The number of rotatable bonds is 7. The molecule has 36 heavy (non-hydrogen) atoms. The average molecular weight is 503 g/mol. The topological polar surface area (TPSA) is 109 Å². The summed E-state index contributed by atoms with van der Waals surface area (Å²) in [5.41, 5.74) is 8.14. The lowest BCUT2D eigenvalue weighted by Gasteiger charge is -2.10. The summed E-state index contributed by atoms with van der Waals surface area (Å²) < 4.78 is 5.38. The van der Waals surface area contributed by atoms with Gasteiger partial charge in [0.25, 0.3) is 11.8 Å². The Morgan fingerprint density at radius 1 is 0.889 bits per heavy atom. The molecule has 184 valence electrons. The quantitative estimate of drug-likeness (QED) is 0.221. The van der Waals surface area contributed by atoms with E-state index < -0.39 is 11.8 Å². The van der Waals surface area contributed by atoms with Gasteiger partial charge >= 0.3 is 0 Å². The number of hydrazine groups is 1. The van der Waals surface area contributed by atoms with Gasteiger partial charge in [0.05, 0.1) is 6.61 Å². The van der Waals surface area contributed by atoms with Gasteiger partial charge in [0.2, 0.25) is 5.91 Å². The van der Waals surface area contributed by atoms with Crippen molar-refractivity contribution in [3.05, 3.63) is 101 Å². The van der Waals surface area contributed by atoms with Crippen LogP contribution in [-0.2, 0) is 4.79 Å². The third-order valence-electron chi connectivity index (χ3n) is 4.83. The number of hydrogen-bond donors (Lipinski definition) is 4. The van der Waals surface area contributed by atoms with E-state index in [9.17, 15) is 14.4 Å². The fourth-order valence-corrected chi connectivity index (χ4v) is 3.23. The van der Waals surface area contributed by atoms with Crippen LogP contribution in [-0.4, -0.2) is 29.4 Å². The molecule has 0 unspecified atom stereocenters. The first-order valence-corrected chi connectivity index (χ1v) is 11.5. The Balaban J connectivity index is 1.44. The molecule has 9 heteroatoms. The Bertz CT molecular complexity index is 1270. The highest BCUT2D eigenvalue weighted by Crippen LogP contribution is 2.14. The van der Waals surface area contributed by atoms with Crippen molar-refractivity contribution in [2.75, 3.05) is 11.9 Å². The highest BCUT2D eigenvalue weighted by molar-refractivity contribution is 7.80. The van der Waals surface area contributed by atoms with Crippen LogP contribution < -0.4 is 26.2 Å². The normalized spacial score (nSPS) is 10.4. The molecular formula is C27H26N4O4S. The van der Waals surface area contributed by atoms with Gasteiger partial charge < -0.3 is 10.1 Å². The van der Waals surface area contributed by atoms with Gasteiger partial charge in [0, 0.05) is 22.9 Å². The summed E-state index contributed by atoms with van der Waals surface area (Å²) >= 11 is 5.04. The van der Waals surface area contributed by atoms with Crippen LogP contribution >= 0.6 is 12.2 Å². The van der Waals surface area contributed by atoms with E-state index in [-0.39, 0.29) is 11.0 Å². The molecule has 0 atom stereocenters. The molecule has 0 bridgehead atoms. The standard InChI is InChI=1S/C27H26N4O4S/c1-3-35-23-14-7-19(8-15-23)9-16-24(32)29-27(36)31-30-26(34)20-10-12-22(13-11-20)28-25(33)21-6-4-5-18(2)17-21/h4-17H,3H2,1-2H3,(H,28,33)(H,30,34)(H2,29,31,32,36)/b16-9+. The molecule has 0 aliphatic carbocycles. The zero-order valence-corrected chi connectivity index (χ0v) is 20.6.